The zero-order chi connectivity index (χ0) is 16.1. The van der Waals surface area contributed by atoms with Crippen LogP contribution in [0.5, 0.6) is 0 Å². The Bertz CT molecular complexity index is 783. The minimum absolute atomic E-state index is 0.160. The van der Waals surface area contributed by atoms with Gasteiger partial charge in [-0.25, -0.2) is 4.79 Å². The molecule has 2 aromatic carbocycles. The maximum Gasteiger partial charge on any atom is 0.338 e. The lowest BCUT2D eigenvalue weighted by Gasteiger charge is -2.07. The summed E-state index contributed by atoms with van der Waals surface area (Å²) in [4.78, 5) is 12.1. The van der Waals surface area contributed by atoms with E-state index in [1.54, 1.807) is 24.4 Å². The molecule has 3 aromatic rings. The Hall–Kier alpha value is -2.59. The van der Waals surface area contributed by atoms with Gasteiger partial charge in [0.25, 0.3) is 0 Å². The van der Waals surface area contributed by atoms with Gasteiger partial charge in [0.15, 0.2) is 0 Å². The van der Waals surface area contributed by atoms with Crippen LogP contribution < -0.4 is 0 Å². The molecule has 0 bridgehead atoms. The van der Waals surface area contributed by atoms with Crippen molar-refractivity contribution < 1.29 is 9.53 Å². The largest absolute Gasteiger partial charge is 0.457 e. The highest BCUT2D eigenvalue weighted by Gasteiger charge is 2.08. The molecule has 1 aromatic heterocycles. The quantitative estimate of drug-likeness (QED) is 0.667. The molecular weight excluding hydrogens is 312 g/mol. The highest BCUT2D eigenvalue weighted by atomic mass is 35.5. The number of ether oxygens (including phenoxy) is 1. The van der Waals surface area contributed by atoms with Gasteiger partial charge in [0, 0.05) is 23.0 Å². The van der Waals surface area contributed by atoms with E-state index in [1.807, 2.05) is 47.3 Å². The summed E-state index contributed by atoms with van der Waals surface area (Å²) in [5, 5.41) is 4.75. The number of aromatic nitrogens is 2. The van der Waals surface area contributed by atoms with Gasteiger partial charge in [-0.3, -0.25) is 4.68 Å². The summed E-state index contributed by atoms with van der Waals surface area (Å²) in [7, 11) is 0. The molecule has 1 heterocycles. The van der Waals surface area contributed by atoms with Crippen molar-refractivity contribution in [2.75, 3.05) is 0 Å². The summed E-state index contributed by atoms with van der Waals surface area (Å²) in [5.41, 5.74) is 2.37. The number of benzene rings is 2. The van der Waals surface area contributed by atoms with E-state index in [0.29, 0.717) is 17.1 Å². The Balaban J connectivity index is 1.60. The smallest absolute Gasteiger partial charge is 0.338 e. The Labute approximate surface area is 139 Å². The van der Waals surface area contributed by atoms with Crippen LogP contribution in [0.25, 0.3) is 0 Å². The van der Waals surface area contributed by atoms with E-state index in [1.165, 1.54) is 0 Å². The van der Waals surface area contributed by atoms with Gasteiger partial charge in [-0.05, 0) is 29.8 Å². The maximum atomic E-state index is 12.1. The lowest BCUT2D eigenvalue weighted by atomic mass is 10.1. The molecule has 23 heavy (non-hydrogen) atoms. The van der Waals surface area contributed by atoms with Crippen molar-refractivity contribution in [3.8, 4) is 0 Å². The molecule has 116 valence electrons. The number of rotatable bonds is 5. The number of esters is 1. The molecule has 0 spiro atoms. The van der Waals surface area contributed by atoms with Gasteiger partial charge in [0.2, 0.25) is 0 Å². The third-order valence-electron chi connectivity index (χ3n) is 3.41. The summed E-state index contributed by atoms with van der Waals surface area (Å²) in [6, 6.07) is 16.5. The number of hydrogen-bond acceptors (Lipinski definition) is 3. The Morgan fingerprint density at radius 1 is 1.09 bits per heavy atom. The van der Waals surface area contributed by atoms with E-state index in [9.17, 15) is 4.79 Å². The van der Waals surface area contributed by atoms with Crippen LogP contribution in [0.2, 0.25) is 5.02 Å². The molecule has 0 fully saturated rings. The molecule has 0 amide bonds. The molecule has 0 saturated heterocycles. The Morgan fingerprint density at radius 2 is 1.87 bits per heavy atom. The van der Waals surface area contributed by atoms with Crippen LogP contribution in [0.4, 0.5) is 0 Å². The molecule has 0 saturated carbocycles. The zero-order valence-electron chi connectivity index (χ0n) is 12.4. The van der Waals surface area contributed by atoms with Gasteiger partial charge < -0.3 is 4.74 Å². The second-order valence-corrected chi connectivity index (χ2v) is 5.48. The van der Waals surface area contributed by atoms with Crippen LogP contribution in [0, 0.1) is 0 Å². The van der Waals surface area contributed by atoms with Crippen molar-refractivity contribution in [2.24, 2.45) is 0 Å². The van der Waals surface area contributed by atoms with Crippen LogP contribution in [-0.4, -0.2) is 15.7 Å². The molecule has 0 atom stereocenters. The van der Waals surface area contributed by atoms with E-state index >= 15 is 0 Å². The van der Waals surface area contributed by atoms with Crippen molar-refractivity contribution in [2.45, 2.75) is 13.2 Å². The molecule has 0 unspecified atom stereocenters. The fourth-order valence-electron chi connectivity index (χ4n) is 2.17. The minimum Gasteiger partial charge on any atom is -0.457 e. The third kappa shape index (κ3) is 3.99. The lowest BCUT2D eigenvalue weighted by Crippen LogP contribution is -2.06. The maximum absolute atomic E-state index is 12.1. The fourth-order valence-corrected chi connectivity index (χ4v) is 2.36. The second-order valence-electron chi connectivity index (χ2n) is 5.07. The van der Waals surface area contributed by atoms with Crippen LogP contribution in [0.15, 0.2) is 67.0 Å². The first-order valence-electron chi connectivity index (χ1n) is 7.19. The third-order valence-corrected chi connectivity index (χ3v) is 3.78. The summed E-state index contributed by atoms with van der Waals surface area (Å²) in [6.07, 6.45) is 3.63. The molecule has 0 aliphatic heterocycles. The van der Waals surface area contributed by atoms with E-state index in [4.69, 9.17) is 16.3 Å². The van der Waals surface area contributed by atoms with Gasteiger partial charge in [-0.1, -0.05) is 41.9 Å². The first-order chi connectivity index (χ1) is 11.2. The number of hydrogen-bond donors (Lipinski definition) is 0. The van der Waals surface area contributed by atoms with E-state index in [0.717, 1.165) is 11.1 Å². The molecule has 3 rings (SSSR count). The van der Waals surface area contributed by atoms with Crippen LogP contribution in [0.1, 0.15) is 21.5 Å². The summed E-state index contributed by atoms with van der Waals surface area (Å²) in [5.74, 6) is -0.365. The van der Waals surface area contributed by atoms with Crippen molar-refractivity contribution in [3.05, 3.63) is 88.7 Å². The minimum atomic E-state index is -0.365. The topological polar surface area (TPSA) is 44.1 Å². The monoisotopic (exact) mass is 326 g/mol. The highest BCUT2D eigenvalue weighted by molar-refractivity contribution is 6.31. The van der Waals surface area contributed by atoms with Crippen molar-refractivity contribution in [1.29, 1.82) is 0 Å². The molecule has 0 radical (unpaired) electrons. The second kappa shape index (κ2) is 7.11. The van der Waals surface area contributed by atoms with E-state index < -0.39 is 0 Å². The fraction of sp³-hybridized carbons (Fsp3) is 0.111. The normalized spacial score (nSPS) is 10.5. The lowest BCUT2D eigenvalue weighted by molar-refractivity contribution is 0.0473. The van der Waals surface area contributed by atoms with Crippen molar-refractivity contribution in [1.82, 2.24) is 9.78 Å². The van der Waals surface area contributed by atoms with Gasteiger partial charge >= 0.3 is 5.97 Å². The molecule has 5 heteroatoms. The standard InChI is InChI=1S/C18H15ClN2O2/c19-17-5-2-1-4-16(17)13-23-18(22)15-8-6-14(7-9-15)12-21-11-3-10-20-21/h1-11H,12-13H2. The van der Waals surface area contributed by atoms with Crippen molar-refractivity contribution in [3.63, 3.8) is 0 Å². The highest BCUT2D eigenvalue weighted by Crippen LogP contribution is 2.16. The van der Waals surface area contributed by atoms with Gasteiger partial charge in [-0.15, -0.1) is 0 Å². The van der Waals surface area contributed by atoms with Gasteiger partial charge in [0.05, 0.1) is 12.1 Å². The number of halogens is 1. The summed E-state index contributed by atoms with van der Waals surface area (Å²) < 4.78 is 7.12. The predicted molar refractivity (Wildman–Crippen MR) is 88.3 cm³/mol. The predicted octanol–water partition coefficient (Wildman–Crippen LogP) is 3.94. The van der Waals surface area contributed by atoms with Gasteiger partial charge in [-0.2, -0.15) is 5.10 Å². The van der Waals surface area contributed by atoms with Crippen LogP contribution >= 0.6 is 11.6 Å². The average molecular weight is 327 g/mol. The molecular formula is C18H15ClN2O2. The zero-order valence-corrected chi connectivity index (χ0v) is 13.1. The Morgan fingerprint density at radius 3 is 2.57 bits per heavy atom. The molecule has 0 aliphatic carbocycles. The number of carbonyl (C=O) groups is 1. The SMILES string of the molecule is O=C(OCc1ccccc1Cl)c1ccc(Cn2cccn2)cc1. The number of nitrogens with zero attached hydrogens (tertiary/aromatic N) is 2. The summed E-state index contributed by atoms with van der Waals surface area (Å²) in [6.45, 7) is 0.829. The number of carbonyl (C=O) groups excluding carboxylic acids is 1. The molecule has 0 N–H and O–H groups in total. The van der Waals surface area contributed by atoms with Crippen LogP contribution in [-0.2, 0) is 17.9 Å². The Kier molecular flexibility index (Phi) is 4.74. The first kappa shape index (κ1) is 15.3. The summed E-state index contributed by atoms with van der Waals surface area (Å²) >= 11 is 6.04. The van der Waals surface area contributed by atoms with Crippen molar-refractivity contribution >= 4 is 17.6 Å². The first-order valence-corrected chi connectivity index (χ1v) is 7.57. The molecule has 4 nitrogen and oxygen atoms in total. The van der Waals surface area contributed by atoms with E-state index in [2.05, 4.69) is 5.10 Å². The van der Waals surface area contributed by atoms with Crippen LogP contribution in [0.3, 0.4) is 0 Å². The van der Waals surface area contributed by atoms with Gasteiger partial charge in [0.1, 0.15) is 6.61 Å². The molecule has 0 aliphatic rings. The van der Waals surface area contributed by atoms with E-state index in [-0.39, 0.29) is 12.6 Å². The average Bonchev–Trinajstić information content (AvgIpc) is 3.07.